The van der Waals surface area contributed by atoms with Gasteiger partial charge >= 0.3 is 0 Å². The maximum absolute atomic E-state index is 11.2. The predicted molar refractivity (Wildman–Crippen MR) is 78.7 cm³/mol. The smallest absolute Gasteiger partial charge is 0.238 e. The zero-order chi connectivity index (χ0) is 14.8. The van der Waals surface area contributed by atoms with Crippen LogP contribution >= 0.6 is 11.6 Å². The van der Waals surface area contributed by atoms with Crippen molar-refractivity contribution in [3.63, 3.8) is 0 Å². The summed E-state index contributed by atoms with van der Waals surface area (Å²) in [6, 6.07) is 11.7. The molecule has 0 aromatic heterocycles. The molecule has 0 aliphatic rings. The van der Waals surface area contributed by atoms with Gasteiger partial charge in [0.25, 0.3) is 0 Å². The molecule has 0 bridgehead atoms. The molecular weight excluding hydrogens is 298 g/mol. The first-order valence-electron chi connectivity index (χ1n) is 6.00. The first kappa shape index (κ1) is 14.8. The number of hydrogen-bond acceptors (Lipinski definition) is 3. The Hall–Kier alpha value is -1.56. The highest BCUT2D eigenvalue weighted by Gasteiger charge is 2.12. The van der Waals surface area contributed by atoms with Gasteiger partial charge in [0.15, 0.2) is 0 Å². The van der Waals surface area contributed by atoms with Crippen LogP contribution in [0.2, 0.25) is 5.02 Å². The van der Waals surface area contributed by atoms with E-state index in [1.54, 1.807) is 0 Å². The summed E-state index contributed by atoms with van der Waals surface area (Å²) in [5.41, 5.74) is 1.04. The molecule has 0 atom stereocenters. The lowest BCUT2D eigenvalue weighted by Gasteiger charge is -2.11. The molecule has 4 nitrogen and oxygen atoms in total. The summed E-state index contributed by atoms with van der Waals surface area (Å²) >= 11 is 6.04. The van der Waals surface area contributed by atoms with E-state index in [0.29, 0.717) is 11.5 Å². The molecule has 0 aliphatic heterocycles. The van der Waals surface area contributed by atoms with Crippen molar-refractivity contribution in [1.82, 2.24) is 0 Å². The quantitative estimate of drug-likeness (QED) is 0.941. The van der Waals surface area contributed by atoms with Crippen LogP contribution in [-0.4, -0.2) is 8.42 Å². The maximum atomic E-state index is 11.2. The summed E-state index contributed by atoms with van der Waals surface area (Å²) in [6.45, 7) is 2.02. The minimum Gasteiger partial charge on any atom is -0.456 e. The van der Waals surface area contributed by atoms with Crippen molar-refractivity contribution in [2.24, 2.45) is 5.14 Å². The van der Waals surface area contributed by atoms with Crippen molar-refractivity contribution in [3.8, 4) is 11.5 Å². The molecule has 2 rings (SSSR count). The number of ether oxygens (including phenoxy) is 1. The number of primary sulfonamides is 1. The third-order valence-electron chi connectivity index (χ3n) is 2.81. The molecule has 0 radical (unpaired) electrons. The maximum Gasteiger partial charge on any atom is 0.238 e. The van der Waals surface area contributed by atoms with Crippen LogP contribution < -0.4 is 9.88 Å². The van der Waals surface area contributed by atoms with Gasteiger partial charge in [-0.3, -0.25) is 0 Å². The van der Waals surface area contributed by atoms with Crippen LogP contribution in [0, 0.1) is 0 Å². The lowest BCUT2D eigenvalue weighted by atomic mass is 10.1. The van der Waals surface area contributed by atoms with Crippen molar-refractivity contribution in [1.29, 1.82) is 0 Å². The summed E-state index contributed by atoms with van der Waals surface area (Å²) in [4.78, 5) is -0.0429. The Balaban J connectivity index is 2.35. The lowest BCUT2D eigenvalue weighted by Crippen LogP contribution is -2.11. The monoisotopic (exact) mass is 311 g/mol. The summed E-state index contributed by atoms with van der Waals surface area (Å²) in [6.07, 6.45) is 0.822. The van der Waals surface area contributed by atoms with E-state index in [9.17, 15) is 8.42 Å². The fourth-order valence-electron chi connectivity index (χ4n) is 1.76. The molecule has 2 aromatic rings. The van der Waals surface area contributed by atoms with Gasteiger partial charge in [-0.1, -0.05) is 36.7 Å². The van der Waals surface area contributed by atoms with Crippen LogP contribution in [0.5, 0.6) is 11.5 Å². The largest absolute Gasteiger partial charge is 0.456 e. The Morgan fingerprint density at radius 2 is 1.85 bits per heavy atom. The Kier molecular flexibility index (Phi) is 4.32. The van der Waals surface area contributed by atoms with Crippen molar-refractivity contribution < 1.29 is 13.2 Å². The molecule has 2 aromatic carbocycles. The summed E-state index contributed by atoms with van der Waals surface area (Å²) in [5.74, 6) is 1.08. The number of nitrogens with two attached hydrogens (primary N) is 1. The predicted octanol–water partition coefficient (Wildman–Crippen LogP) is 3.34. The van der Waals surface area contributed by atoms with Gasteiger partial charge in [0.05, 0.1) is 9.92 Å². The fourth-order valence-corrected chi connectivity index (χ4v) is 2.58. The number of para-hydroxylation sites is 1. The SMILES string of the molecule is CCc1ccccc1Oc1ccc(S(N)(=O)=O)cc1Cl. The van der Waals surface area contributed by atoms with E-state index >= 15 is 0 Å². The van der Waals surface area contributed by atoms with E-state index in [2.05, 4.69) is 0 Å². The highest BCUT2D eigenvalue weighted by Crippen LogP contribution is 2.32. The molecular formula is C14H14ClNO3S. The third-order valence-corrected chi connectivity index (χ3v) is 4.01. The van der Waals surface area contributed by atoms with E-state index in [-0.39, 0.29) is 9.92 Å². The second-order valence-electron chi connectivity index (χ2n) is 4.20. The van der Waals surface area contributed by atoms with E-state index in [4.69, 9.17) is 21.5 Å². The van der Waals surface area contributed by atoms with Gasteiger partial charge in [-0.25, -0.2) is 13.6 Å². The zero-order valence-electron chi connectivity index (χ0n) is 10.8. The van der Waals surface area contributed by atoms with Gasteiger partial charge in [0.2, 0.25) is 10.0 Å². The van der Waals surface area contributed by atoms with Crippen LogP contribution in [-0.2, 0) is 16.4 Å². The van der Waals surface area contributed by atoms with E-state index < -0.39 is 10.0 Å². The van der Waals surface area contributed by atoms with Crippen LogP contribution in [0.25, 0.3) is 0 Å². The summed E-state index contributed by atoms with van der Waals surface area (Å²) in [7, 11) is -3.77. The van der Waals surface area contributed by atoms with Gasteiger partial charge in [-0.2, -0.15) is 0 Å². The van der Waals surface area contributed by atoms with E-state index in [1.807, 2.05) is 31.2 Å². The fraction of sp³-hybridized carbons (Fsp3) is 0.143. The van der Waals surface area contributed by atoms with Gasteiger partial charge in [0.1, 0.15) is 11.5 Å². The number of benzene rings is 2. The van der Waals surface area contributed by atoms with Crippen molar-refractivity contribution in [3.05, 3.63) is 53.1 Å². The molecule has 0 saturated carbocycles. The van der Waals surface area contributed by atoms with Gasteiger partial charge in [0, 0.05) is 0 Å². The summed E-state index contributed by atoms with van der Waals surface area (Å²) in [5, 5.41) is 5.24. The molecule has 0 heterocycles. The average molecular weight is 312 g/mol. The third kappa shape index (κ3) is 3.30. The molecule has 0 fully saturated rings. The molecule has 0 saturated heterocycles. The van der Waals surface area contributed by atoms with Crippen LogP contribution in [0.3, 0.4) is 0 Å². The number of aryl methyl sites for hydroxylation is 1. The minimum absolute atomic E-state index is 0.0429. The molecule has 6 heteroatoms. The van der Waals surface area contributed by atoms with Gasteiger partial charge < -0.3 is 4.74 Å². The number of hydrogen-bond donors (Lipinski definition) is 1. The number of rotatable bonds is 4. The molecule has 2 N–H and O–H groups in total. The zero-order valence-corrected chi connectivity index (χ0v) is 12.4. The normalized spacial score (nSPS) is 11.3. The second kappa shape index (κ2) is 5.83. The first-order valence-corrected chi connectivity index (χ1v) is 7.92. The van der Waals surface area contributed by atoms with Crippen molar-refractivity contribution in [2.75, 3.05) is 0 Å². The second-order valence-corrected chi connectivity index (χ2v) is 6.17. The highest BCUT2D eigenvalue weighted by atomic mass is 35.5. The summed E-state index contributed by atoms with van der Waals surface area (Å²) < 4.78 is 28.2. The molecule has 106 valence electrons. The van der Waals surface area contributed by atoms with Crippen molar-refractivity contribution >= 4 is 21.6 Å². The molecule has 20 heavy (non-hydrogen) atoms. The van der Waals surface area contributed by atoms with E-state index in [1.165, 1.54) is 18.2 Å². The van der Waals surface area contributed by atoms with E-state index in [0.717, 1.165) is 12.0 Å². The Morgan fingerprint density at radius 3 is 2.45 bits per heavy atom. The molecule has 0 amide bonds. The lowest BCUT2D eigenvalue weighted by molar-refractivity contribution is 0.476. The number of halogens is 1. The average Bonchev–Trinajstić information content (AvgIpc) is 2.40. The Morgan fingerprint density at radius 1 is 1.15 bits per heavy atom. The van der Waals surface area contributed by atoms with Crippen LogP contribution in [0.15, 0.2) is 47.4 Å². The van der Waals surface area contributed by atoms with Crippen LogP contribution in [0.4, 0.5) is 0 Å². The van der Waals surface area contributed by atoms with Gasteiger partial charge in [-0.15, -0.1) is 0 Å². The van der Waals surface area contributed by atoms with Gasteiger partial charge in [-0.05, 0) is 36.2 Å². The van der Waals surface area contributed by atoms with Crippen LogP contribution in [0.1, 0.15) is 12.5 Å². The topological polar surface area (TPSA) is 69.4 Å². The minimum atomic E-state index is -3.77. The Bertz CT molecular complexity index is 729. The van der Waals surface area contributed by atoms with Crippen molar-refractivity contribution in [2.45, 2.75) is 18.2 Å². The standard InChI is InChI=1S/C14H14ClNO3S/c1-2-10-5-3-4-6-13(10)19-14-8-7-11(9-12(14)15)20(16,17)18/h3-9H,2H2,1H3,(H2,16,17,18). The molecule has 0 spiro atoms. The first-order chi connectivity index (χ1) is 9.41. The Labute approximate surface area is 123 Å². The number of sulfonamides is 1. The molecule has 0 aliphatic carbocycles. The molecule has 0 unspecified atom stereocenters. The highest BCUT2D eigenvalue weighted by molar-refractivity contribution is 7.89.